The maximum atomic E-state index is 12.9. The molecular weight excluding hydrogens is 813 g/mol. The van der Waals surface area contributed by atoms with Crippen LogP contribution in [0.3, 0.4) is 0 Å². The zero-order chi connectivity index (χ0) is 47.7. The van der Waals surface area contributed by atoms with Crippen LogP contribution in [0.15, 0.2) is 24.3 Å². The molecule has 0 radical (unpaired) electrons. The Balaban J connectivity index is 4.23. The predicted octanol–water partition coefficient (Wildman–Crippen LogP) is 20.4. The molecule has 0 unspecified atom stereocenters. The molecule has 0 aliphatic heterocycles. The number of rotatable bonds is 56. The zero-order valence-corrected chi connectivity index (χ0v) is 45.0. The molecule has 1 atom stereocenters. The summed E-state index contributed by atoms with van der Waals surface area (Å²) in [5.74, 6) is -0.387. The molecule has 0 fully saturated rings. The highest BCUT2D eigenvalue weighted by molar-refractivity contribution is 5.70. The van der Waals surface area contributed by atoms with Crippen LogP contribution in [-0.2, 0) is 23.8 Å². The Labute approximate surface area is 413 Å². The largest absolute Gasteiger partial charge is 0.462 e. The molecule has 0 saturated heterocycles. The van der Waals surface area contributed by atoms with Crippen molar-refractivity contribution in [3.63, 3.8) is 0 Å². The van der Waals surface area contributed by atoms with Crippen molar-refractivity contribution in [2.45, 2.75) is 335 Å². The Hall–Kier alpha value is -1.62. The molecule has 0 N–H and O–H groups in total. The van der Waals surface area contributed by atoms with Crippen molar-refractivity contribution in [2.75, 3.05) is 19.8 Å². The Morgan fingerprint density at radius 1 is 0.318 bits per heavy atom. The van der Waals surface area contributed by atoms with E-state index >= 15 is 0 Å². The topological polar surface area (TPSA) is 61.8 Å². The second-order valence-electron chi connectivity index (χ2n) is 20.3. The summed E-state index contributed by atoms with van der Waals surface area (Å²) in [5.41, 5.74) is 0. The molecule has 0 spiro atoms. The lowest BCUT2D eigenvalue weighted by atomic mass is 10.0. The van der Waals surface area contributed by atoms with Crippen LogP contribution in [0.1, 0.15) is 329 Å². The number of carbonyl (C=O) groups is 2. The van der Waals surface area contributed by atoms with Gasteiger partial charge < -0.3 is 14.2 Å². The average Bonchev–Trinajstić information content (AvgIpc) is 3.32. The molecule has 0 amide bonds. The summed E-state index contributed by atoms with van der Waals surface area (Å²) in [6, 6.07) is 0. The number of allylic oxidation sites excluding steroid dienone is 4. The molecule has 0 aromatic heterocycles. The van der Waals surface area contributed by atoms with Gasteiger partial charge in [0.1, 0.15) is 6.61 Å². The van der Waals surface area contributed by atoms with E-state index in [2.05, 4.69) is 45.1 Å². The van der Waals surface area contributed by atoms with Crippen LogP contribution >= 0.6 is 0 Å². The Morgan fingerprint density at radius 2 is 0.591 bits per heavy atom. The van der Waals surface area contributed by atoms with E-state index in [1.54, 1.807) is 0 Å². The Kier molecular flexibility index (Phi) is 56.3. The van der Waals surface area contributed by atoms with E-state index < -0.39 is 6.10 Å². The number of ether oxygens (including phenoxy) is 3. The minimum absolute atomic E-state index is 0.0874. The lowest BCUT2D eigenvalue weighted by molar-refractivity contribution is -0.163. The van der Waals surface area contributed by atoms with Crippen LogP contribution in [0.5, 0.6) is 0 Å². The Bertz CT molecular complexity index is 1010. The molecule has 0 aliphatic rings. The van der Waals surface area contributed by atoms with Crippen LogP contribution in [0.25, 0.3) is 0 Å². The van der Waals surface area contributed by atoms with Crippen molar-refractivity contribution in [3.8, 4) is 0 Å². The van der Waals surface area contributed by atoms with Gasteiger partial charge in [-0.3, -0.25) is 9.59 Å². The van der Waals surface area contributed by atoms with Gasteiger partial charge in [0.2, 0.25) is 0 Å². The van der Waals surface area contributed by atoms with Gasteiger partial charge in [0.25, 0.3) is 0 Å². The minimum atomic E-state index is -0.535. The molecule has 0 heterocycles. The van der Waals surface area contributed by atoms with Crippen molar-refractivity contribution in [3.05, 3.63) is 24.3 Å². The molecule has 5 heteroatoms. The third-order valence-electron chi connectivity index (χ3n) is 13.5. The molecule has 0 aromatic rings. The summed E-state index contributed by atoms with van der Waals surface area (Å²) in [4.78, 5) is 25.5. The normalized spacial score (nSPS) is 12.2. The number of unbranched alkanes of at least 4 members (excludes halogenated alkanes) is 41. The number of carbonyl (C=O) groups excluding carboxylic acids is 2. The first-order valence-electron chi connectivity index (χ1n) is 29.9. The maximum Gasteiger partial charge on any atom is 0.306 e. The highest BCUT2D eigenvalue weighted by Crippen LogP contribution is 2.16. The van der Waals surface area contributed by atoms with Crippen molar-refractivity contribution in [1.29, 1.82) is 0 Å². The lowest BCUT2D eigenvalue weighted by Gasteiger charge is -2.18. The van der Waals surface area contributed by atoms with E-state index in [1.807, 2.05) is 0 Å². The monoisotopic (exact) mass is 929 g/mol. The van der Waals surface area contributed by atoms with Crippen molar-refractivity contribution in [2.24, 2.45) is 0 Å². The summed E-state index contributed by atoms with van der Waals surface area (Å²) in [6.07, 6.45) is 69.1. The minimum Gasteiger partial charge on any atom is -0.462 e. The fourth-order valence-electron chi connectivity index (χ4n) is 8.97. The van der Waals surface area contributed by atoms with Gasteiger partial charge in [-0.1, -0.05) is 270 Å². The van der Waals surface area contributed by atoms with Crippen LogP contribution in [-0.4, -0.2) is 37.9 Å². The second kappa shape index (κ2) is 57.7. The second-order valence-corrected chi connectivity index (χ2v) is 20.3. The van der Waals surface area contributed by atoms with Gasteiger partial charge in [-0.15, -0.1) is 0 Å². The molecule has 0 saturated carbocycles. The fraction of sp³-hybridized carbons (Fsp3) is 0.902. The zero-order valence-electron chi connectivity index (χ0n) is 45.0. The van der Waals surface area contributed by atoms with Crippen molar-refractivity contribution in [1.82, 2.24) is 0 Å². The van der Waals surface area contributed by atoms with Gasteiger partial charge >= 0.3 is 11.9 Å². The Morgan fingerprint density at radius 3 is 0.924 bits per heavy atom. The third kappa shape index (κ3) is 55.0. The molecule has 390 valence electrons. The van der Waals surface area contributed by atoms with E-state index in [4.69, 9.17) is 14.2 Å². The van der Waals surface area contributed by atoms with E-state index in [-0.39, 0.29) is 18.5 Å². The van der Waals surface area contributed by atoms with E-state index in [1.165, 1.54) is 250 Å². The molecule has 0 rings (SSSR count). The maximum absolute atomic E-state index is 12.9. The first-order chi connectivity index (χ1) is 32.6. The highest BCUT2D eigenvalue weighted by Gasteiger charge is 2.17. The lowest BCUT2D eigenvalue weighted by Crippen LogP contribution is -2.30. The predicted molar refractivity (Wildman–Crippen MR) is 289 cm³/mol. The van der Waals surface area contributed by atoms with Gasteiger partial charge in [0.05, 0.1) is 6.61 Å². The van der Waals surface area contributed by atoms with Gasteiger partial charge in [0, 0.05) is 19.4 Å². The first kappa shape index (κ1) is 64.4. The van der Waals surface area contributed by atoms with Crippen molar-refractivity contribution >= 4 is 11.9 Å². The summed E-state index contributed by atoms with van der Waals surface area (Å²) in [5, 5.41) is 0. The van der Waals surface area contributed by atoms with Gasteiger partial charge in [-0.05, 0) is 70.6 Å². The van der Waals surface area contributed by atoms with E-state index in [0.29, 0.717) is 26.1 Å². The van der Waals surface area contributed by atoms with Crippen LogP contribution in [0, 0.1) is 0 Å². The fourth-order valence-corrected chi connectivity index (χ4v) is 8.97. The summed E-state index contributed by atoms with van der Waals surface area (Å²) in [7, 11) is 0. The summed E-state index contributed by atoms with van der Waals surface area (Å²) < 4.78 is 17.5. The van der Waals surface area contributed by atoms with Gasteiger partial charge in [0.15, 0.2) is 6.10 Å². The van der Waals surface area contributed by atoms with E-state index in [0.717, 1.165) is 44.9 Å². The number of esters is 2. The highest BCUT2D eigenvalue weighted by atomic mass is 16.6. The summed E-state index contributed by atoms with van der Waals surface area (Å²) >= 11 is 0. The quantitative estimate of drug-likeness (QED) is 0.0345. The molecule has 5 nitrogen and oxygen atoms in total. The molecule has 0 aliphatic carbocycles. The summed E-state index contributed by atoms with van der Waals surface area (Å²) in [6.45, 7) is 7.88. The van der Waals surface area contributed by atoms with E-state index in [9.17, 15) is 9.59 Å². The SMILES string of the molecule is CCCCCCCC/C=C\CCCCCCCCCCCC(=O)O[C@H](COCCCCCCCCCCCCCCCCCC)COC(=O)CCCCCCC/C=C\CCCCCCCC. The van der Waals surface area contributed by atoms with Gasteiger partial charge in [-0.2, -0.15) is 0 Å². The van der Waals surface area contributed by atoms with Crippen molar-refractivity contribution < 1.29 is 23.8 Å². The van der Waals surface area contributed by atoms with Crippen LogP contribution in [0.2, 0.25) is 0 Å². The molecular formula is C61H116O5. The molecule has 0 bridgehead atoms. The number of hydrogen-bond donors (Lipinski definition) is 0. The molecule has 0 aromatic carbocycles. The smallest absolute Gasteiger partial charge is 0.306 e. The standard InChI is InChI=1S/C61H116O5/c1-4-7-10-13-16-19-22-25-28-30-31-32-34-37-40-43-46-49-52-55-61(63)66-59(57-64-56-53-50-47-44-41-38-35-29-26-23-20-17-14-11-8-5-2)58-65-60(62)54-51-48-45-42-39-36-33-27-24-21-18-15-12-9-6-3/h25,27-28,33,59H,4-24,26,29-32,34-58H2,1-3H3/b28-25-,33-27-/t59-/m1/s1. The average molecular weight is 930 g/mol. The van der Waals surface area contributed by atoms with Gasteiger partial charge in [-0.25, -0.2) is 0 Å². The molecule has 66 heavy (non-hydrogen) atoms. The third-order valence-corrected chi connectivity index (χ3v) is 13.5. The van der Waals surface area contributed by atoms with Crippen LogP contribution in [0.4, 0.5) is 0 Å². The first-order valence-corrected chi connectivity index (χ1v) is 29.9. The number of hydrogen-bond acceptors (Lipinski definition) is 5. The van der Waals surface area contributed by atoms with Crippen LogP contribution < -0.4 is 0 Å².